The summed E-state index contributed by atoms with van der Waals surface area (Å²) >= 11 is 0. The predicted molar refractivity (Wildman–Crippen MR) is 140 cm³/mol. The van der Waals surface area contributed by atoms with Gasteiger partial charge in [-0.15, -0.1) is 0 Å². The van der Waals surface area contributed by atoms with Gasteiger partial charge in [0.25, 0.3) is 0 Å². The van der Waals surface area contributed by atoms with Crippen LogP contribution in [0.15, 0.2) is 31.4 Å². The molecule has 0 aliphatic heterocycles. The summed E-state index contributed by atoms with van der Waals surface area (Å²) in [5.74, 6) is 1.35. The molecule has 1 aromatic rings. The first-order chi connectivity index (χ1) is 15.9. The quantitative estimate of drug-likeness (QED) is 0.352. The van der Waals surface area contributed by atoms with Gasteiger partial charge >= 0.3 is 0 Å². The van der Waals surface area contributed by atoms with Crippen LogP contribution < -0.4 is 10.6 Å². The van der Waals surface area contributed by atoms with E-state index >= 15 is 0 Å². The molecule has 1 saturated carbocycles. The van der Waals surface area contributed by atoms with Crippen LogP contribution in [0, 0.1) is 17.8 Å². The number of carbonyl (C=O) groups excluding carboxylic acids is 2. The third kappa shape index (κ3) is 8.83. The van der Waals surface area contributed by atoms with Crippen molar-refractivity contribution < 1.29 is 9.59 Å². The van der Waals surface area contributed by atoms with Crippen molar-refractivity contribution in [2.45, 2.75) is 84.6 Å². The maximum absolute atomic E-state index is 13.1. The summed E-state index contributed by atoms with van der Waals surface area (Å²) in [4.78, 5) is 26.1. The van der Waals surface area contributed by atoms with E-state index in [0.717, 1.165) is 67.6 Å². The third-order valence-corrected chi connectivity index (χ3v) is 6.97. The topological polar surface area (TPSA) is 58.2 Å². The number of amides is 2. The minimum atomic E-state index is -0.571. The molecule has 0 radical (unpaired) electrons. The average Bonchev–Trinajstić information content (AvgIpc) is 2.82. The summed E-state index contributed by atoms with van der Waals surface area (Å²) in [7, 11) is 0. The number of unbranched alkanes of at least 4 members (excludes halogenated alkanes) is 1. The molecule has 2 N–H and O–H groups in total. The average molecular weight is 453 g/mol. The molecule has 4 heteroatoms. The first kappa shape index (κ1) is 26.9. The molecule has 4 nitrogen and oxygen atoms in total. The molecule has 1 aliphatic rings. The number of nitrogens with one attached hydrogen (secondary N) is 2. The first-order valence-corrected chi connectivity index (χ1v) is 12.8. The van der Waals surface area contributed by atoms with Crippen LogP contribution in [-0.2, 0) is 16.0 Å². The Labute approximate surface area is 201 Å². The third-order valence-electron chi connectivity index (χ3n) is 6.97. The molecule has 2 amide bonds. The van der Waals surface area contributed by atoms with Gasteiger partial charge in [0.05, 0.1) is 0 Å². The van der Waals surface area contributed by atoms with Gasteiger partial charge in [-0.05, 0) is 60.6 Å². The molecular formula is C29H44N2O2. The Kier molecular flexibility index (Phi) is 11.4. The number of hydrogen-bond donors (Lipinski definition) is 2. The van der Waals surface area contributed by atoms with Gasteiger partial charge in [-0.2, -0.15) is 0 Å². The Morgan fingerprint density at radius 3 is 2.36 bits per heavy atom. The van der Waals surface area contributed by atoms with Gasteiger partial charge in [0, 0.05) is 18.9 Å². The van der Waals surface area contributed by atoms with E-state index in [2.05, 4.69) is 44.6 Å². The highest BCUT2D eigenvalue weighted by Crippen LogP contribution is 2.30. The minimum absolute atomic E-state index is 0.0148. The van der Waals surface area contributed by atoms with Crippen molar-refractivity contribution in [3.63, 3.8) is 0 Å². The highest BCUT2D eigenvalue weighted by atomic mass is 16.2. The number of hydrogen-bond acceptors (Lipinski definition) is 2. The highest BCUT2D eigenvalue weighted by Gasteiger charge is 2.29. The zero-order valence-corrected chi connectivity index (χ0v) is 21.0. The maximum Gasteiger partial charge on any atom is 0.242 e. The molecule has 0 heterocycles. The summed E-state index contributed by atoms with van der Waals surface area (Å²) in [5, 5.41) is 6.16. The van der Waals surface area contributed by atoms with Crippen molar-refractivity contribution >= 4 is 24.0 Å². The summed E-state index contributed by atoms with van der Waals surface area (Å²) in [6, 6.07) is 5.46. The van der Waals surface area contributed by atoms with Crippen LogP contribution in [0.1, 0.15) is 88.8 Å². The van der Waals surface area contributed by atoms with Crippen LogP contribution >= 0.6 is 0 Å². The van der Waals surface area contributed by atoms with Gasteiger partial charge in [-0.3, -0.25) is 9.59 Å². The van der Waals surface area contributed by atoms with Gasteiger partial charge in [-0.25, -0.2) is 0 Å². The Balaban J connectivity index is 2.05. The Hall–Kier alpha value is -2.36. The molecule has 1 unspecified atom stereocenters. The second-order valence-electron chi connectivity index (χ2n) is 9.94. The molecule has 2 rings (SSSR count). The van der Waals surface area contributed by atoms with E-state index in [4.69, 9.17) is 0 Å². The van der Waals surface area contributed by atoms with E-state index in [9.17, 15) is 9.59 Å². The van der Waals surface area contributed by atoms with Crippen LogP contribution in [0.4, 0.5) is 0 Å². The Bertz CT molecular complexity index is 791. The van der Waals surface area contributed by atoms with Gasteiger partial charge in [0.2, 0.25) is 11.8 Å². The molecule has 1 atom stereocenters. The fraction of sp³-hybridized carbons (Fsp3) is 0.586. The normalized spacial score (nSPS) is 19.0. The van der Waals surface area contributed by atoms with E-state index in [1.807, 2.05) is 18.2 Å². The van der Waals surface area contributed by atoms with E-state index < -0.39 is 6.04 Å². The lowest BCUT2D eigenvalue weighted by molar-refractivity contribution is -0.132. The predicted octanol–water partition coefficient (Wildman–Crippen LogP) is 6.16. The standard InChI is InChI=1S/C29H44N2O2/c1-6-22-12-16-26(17-13-22)28(32)31-27(29(33)30-18-10-9-11-21(4)5)20-23-14-15-24(7-2)25(8-3)19-23/h7-8,14-15,19,21-22,26-27H,2-3,6,9-13,16-18,20H2,1,4-5H3,(H,30,33)(H,31,32). The van der Waals surface area contributed by atoms with E-state index in [1.54, 1.807) is 12.2 Å². The molecule has 1 aromatic carbocycles. The summed E-state index contributed by atoms with van der Waals surface area (Å²) in [6.07, 6.45) is 12.5. The minimum Gasteiger partial charge on any atom is -0.354 e. The van der Waals surface area contributed by atoms with Crippen LogP contribution in [0.2, 0.25) is 0 Å². The van der Waals surface area contributed by atoms with E-state index in [1.165, 1.54) is 6.42 Å². The van der Waals surface area contributed by atoms with E-state index in [-0.39, 0.29) is 17.7 Å². The maximum atomic E-state index is 13.1. The molecule has 0 saturated heterocycles. The molecule has 1 fully saturated rings. The zero-order valence-electron chi connectivity index (χ0n) is 21.0. The lowest BCUT2D eigenvalue weighted by Crippen LogP contribution is -2.50. The smallest absolute Gasteiger partial charge is 0.242 e. The molecular weight excluding hydrogens is 408 g/mol. The van der Waals surface area contributed by atoms with Crippen molar-refractivity contribution in [3.8, 4) is 0 Å². The second-order valence-corrected chi connectivity index (χ2v) is 9.94. The van der Waals surface area contributed by atoms with Crippen molar-refractivity contribution in [1.29, 1.82) is 0 Å². The van der Waals surface area contributed by atoms with Crippen LogP contribution in [0.25, 0.3) is 12.2 Å². The lowest BCUT2D eigenvalue weighted by Gasteiger charge is -2.28. The van der Waals surface area contributed by atoms with E-state index in [0.29, 0.717) is 18.9 Å². The fourth-order valence-electron chi connectivity index (χ4n) is 4.69. The summed E-state index contributed by atoms with van der Waals surface area (Å²) in [5.41, 5.74) is 3.00. The van der Waals surface area contributed by atoms with Crippen molar-refractivity contribution in [3.05, 3.63) is 48.0 Å². The fourth-order valence-corrected chi connectivity index (χ4v) is 4.69. The molecule has 182 valence electrons. The SMILES string of the molecule is C=Cc1ccc(CC(NC(=O)C2CCC(CC)CC2)C(=O)NCCCCC(C)C)cc1C=C. The first-order valence-electron chi connectivity index (χ1n) is 12.8. The lowest BCUT2D eigenvalue weighted by atomic mass is 9.80. The molecule has 0 bridgehead atoms. The van der Waals surface area contributed by atoms with Crippen LogP contribution in [0.3, 0.4) is 0 Å². The Morgan fingerprint density at radius 2 is 1.76 bits per heavy atom. The molecule has 1 aliphatic carbocycles. The van der Waals surface area contributed by atoms with Crippen molar-refractivity contribution in [1.82, 2.24) is 10.6 Å². The van der Waals surface area contributed by atoms with Crippen LogP contribution in [0.5, 0.6) is 0 Å². The number of carbonyl (C=O) groups is 2. The summed E-state index contributed by atoms with van der Waals surface area (Å²) in [6.45, 7) is 15.0. The number of benzene rings is 1. The van der Waals surface area contributed by atoms with Crippen molar-refractivity contribution in [2.24, 2.45) is 17.8 Å². The summed E-state index contributed by atoms with van der Waals surface area (Å²) < 4.78 is 0. The highest BCUT2D eigenvalue weighted by molar-refractivity contribution is 5.88. The number of rotatable bonds is 13. The second kappa shape index (κ2) is 14.0. The largest absolute Gasteiger partial charge is 0.354 e. The monoisotopic (exact) mass is 452 g/mol. The molecule has 0 aromatic heterocycles. The van der Waals surface area contributed by atoms with Gasteiger partial charge in [-0.1, -0.05) is 83.5 Å². The van der Waals surface area contributed by atoms with Crippen molar-refractivity contribution in [2.75, 3.05) is 6.54 Å². The zero-order chi connectivity index (χ0) is 24.2. The molecule has 0 spiro atoms. The van der Waals surface area contributed by atoms with Gasteiger partial charge in [0.1, 0.15) is 6.04 Å². The molecule has 33 heavy (non-hydrogen) atoms. The Morgan fingerprint density at radius 1 is 1.06 bits per heavy atom. The van der Waals surface area contributed by atoms with Crippen LogP contribution in [-0.4, -0.2) is 24.4 Å². The van der Waals surface area contributed by atoms with Gasteiger partial charge in [0.15, 0.2) is 0 Å². The van der Waals surface area contributed by atoms with Gasteiger partial charge < -0.3 is 10.6 Å².